The Morgan fingerprint density at radius 3 is 3.06 bits per heavy atom. The second kappa shape index (κ2) is 5.86. The molecular formula is C15H20N2O. The van der Waals surface area contributed by atoms with E-state index in [0.29, 0.717) is 24.0 Å². The highest BCUT2D eigenvalue weighted by atomic mass is 16.5. The number of aryl methyl sites for hydroxylation is 1. The molecule has 1 saturated carbocycles. The third-order valence-corrected chi connectivity index (χ3v) is 3.74. The van der Waals surface area contributed by atoms with Crippen molar-refractivity contribution in [3.05, 3.63) is 23.4 Å². The van der Waals surface area contributed by atoms with Crippen LogP contribution in [0.3, 0.4) is 0 Å². The van der Waals surface area contributed by atoms with Gasteiger partial charge in [-0.25, -0.2) is 4.98 Å². The summed E-state index contributed by atoms with van der Waals surface area (Å²) in [5, 5.41) is 9.11. The van der Waals surface area contributed by atoms with Gasteiger partial charge in [0.2, 0.25) is 5.88 Å². The van der Waals surface area contributed by atoms with Crippen molar-refractivity contribution in [2.75, 3.05) is 6.61 Å². The summed E-state index contributed by atoms with van der Waals surface area (Å²) in [5.74, 6) is 1.91. The summed E-state index contributed by atoms with van der Waals surface area (Å²) in [4.78, 5) is 4.17. The molecule has 0 aromatic carbocycles. The summed E-state index contributed by atoms with van der Waals surface area (Å²) < 4.78 is 5.76. The van der Waals surface area contributed by atoms with E-state index in [9.17, 15) is 0 Å². The third-order valence-electron chi connectivity index (χ3n) is 3.74. The lowest BCUT2D eigenvalue weighted by Gasteiger charge is -2.26. The normalized spacial score (nSPS) is 23.4. The van der Waals surface area contributed by atoms with Crippen molar-refractivity contribution in [1.29, 1.82) is 5.26 Å². The van der Waals surface area contributed by atoms with E-state index in [1.807, 2.05) is 13.0 Å². The lowest BCUT2D eigenvalue weighted by atomic mass is 9.83. The van der Waals surface area contributed by atoms with Crippen molar-refractivity contribution in [1.82, 2.24) is 4.98 Å². The van der Waals surface area contributed by atoms with E-state index >= 15 is 0 Å². The number of hydrogen-bond acceptors (Lipinski definition) is 3. The van der Waals surface area contributed by atoms with E-state index < -0.39 is 0 Å². The predicted octanol–water partition coefficient (Wildman–Crippen LogP) is 3.47. The molecule has 18 heavy (non-hydrogen) atoms. The molecule has 0 aliphatic heterocycles. The number of ether oxygens (including phenoxy) is 1. The zero-order valence-corrected chi connectivity index (χ0v) is 11.1. The minimum atomic E-state index is 0.496. The molecule has 1 fully saturated rings. The van der Waals surface area contributed by atoms with Crippen LogP contribution in [0.4, 0.5) is 0 Å². The van der Waals surface area contributed by atoms with Gasteiger partial charge in [-0.05, 0) is 43.2 Å². The third kappa shape index (κ3) is 3.01. The van der Waals surface area contributed by atoms with Gasteiger partial charge >= 0.3 is 0 Å². The van der Waals surface area contributed by atoms with Crippen LogP contribution in [0, 0.1) is 30.1 Å². The zero-order chi connectivity index (χ0) is 13.0. The Bertz CT molecular complexity index is 450. The van der Waals surface area contributed by atoms with Gasteiger partial charge < -0.3 is 4.74 Å². The van der Waals surface area contributed by atoms with Gasteiger partial charge in [0.15, 0.2) is 0 Å². The fourth-order valence-electron chi connectivity index (χ4n) is 2.69. The summed E-state index contributed by atoms with van der Waals surface area (Å²) in [6.45, 7) is 4.91. The molecule has 3 heteroatoms. The minimum absolute atomic E-state index is 0.496. The molecule has 0 bridgehead atoms. The molecule has 0 amide bonds. The Labute approximate surface area is 109 Å². The summed E-state index contributed by atoms with van der Waals surface area (Å²) >= 11 is 0. The molecule has 0 N–H and O–H groups in total. The molecule has 0 spiro atoms. The van der Waals surface area contributed by atoms with Crippen molar-refractivity contribution in [3.8, 4) is 11.9 Å². The van der Waals surface area contributed by atoms with Gasteiger partial charge in [-0.1, -0.05) is 19.8 Å². The molecule has 1 aromatic rings. The van der Waals surface area contributed by atoms with Crippen LogP contribution >= 0.6 is 0 Å². The fraction of sp³-hybridized carbons (Fsp3) is 0.600. The predicted molar refractivity (Wildman–Crippen MR) is 70.3 cm³/mol. The van der Waals surface area contributed by atoms with Crippen LogP contribution in [-0.4, -0.2) is 11.6 Å². The first kappa shape index (κ1) is 12.9. The maximum atomic E-state index is 9.11. The van der Waals surface area contributed by atoms with E-state index in [2.05, 4.69) is 18.0 Å². The summed E-state index contributed by atoms with van der Waals surface area (Å²) in [5.41, 5.74) is 1.50. The first-order valence-electron chi connectivity index (χ1n) is 6.69. The van der Waals surface area contributed by atoms with E-state index in [-0.39, 0.29) is 0 Å². The van der Waals surface area contributed by atoms with Crippen molar-refractivity contribution >= 4 is 0 Å². The number of rotatable bonds is 3. The van der Waals surface area contributed by atoms with Gasteiger partial charge in [-0.2, -0.15) is 5.26 Å². The molecule has 0 radical (unpaired) electrons. The zero-order valence-electron chi connectivity index (χ0n) is 11.1. The molecule has 96 valence electrons. The summed E-state index contributed by atoms with van der Waals surface area (Å²) in [6, 6.07) is 4.01. The maximum Gasteiger partial charge on any atom is 0.231 e. The van der Waals surface area contributed by atoms with Crippen LogP contribution in [0.1, 0.15) is 43.7 Å². The molecule has 3 nitrogen and oxygen atoms in total. The number of pyridine rings is 1. The monoisotopic (exact) mass is 244 g/mol. The van der Waals surface area contributed by atoms with Crippen molar-refractivity contribution in [3.63, 3.8) is 0 Å². The topological polar surface area (TPSA) is 45.9 Å². The van der Waals surface area contributed by atoms with Gasteiger partial charge in [-0.15, -0.1) is 0 Å². The standard InChI is InChI=1S/C15H20N2O/c1-11-4-3-5-13(8-11)10-18-15-14(9-16)12(2)6-7-17-15/h6-7,11,13H,3-5,8,10H2,1-2H3. The van der Waals surface area contributed by atoms with Crippen LogP contribution in [-0.2, 0) is 0 Å². The second-order valence-electron chi connectivity index (χ2n) is 5.37. The van der Waals surface area contributed by atoms with Gasteiger partial charge in [0.1, 0.15) is 11.6 Å². The Balaban J connectivity index is 1.98. The fourth-order valence-corrected chi connectivity index (χ4v) is 2.69. The SMILES string of the molecule is Cc1ccnc(OCC2CCCC(C)C2)c1C#N. The molecule has 1 heterocycles. The summed E-state index contributed by atoms with van der Waals surface area (Å²) in [7, 11) is 0. The van der Waals surface area contributed by atoms with Crippen LogP contribution in [0.25, 0.3) is 0 Å². The number of hydrogen-bond donors (Lipinski definition) is 0. The van der Waals surface area contributed by atoms with Crippen molar-refractivity contribution < 1.29 is 4.74 Å². The molecule has 1 aliphatic rings. The van der Waals surface area contributed by atoms with Crippen LogP contribution in [0.15, 0.2) is 12.3 Å². The van der Waals surface area contributed by atoms with Gasteiger partial charge in [-0.3, -0.25) is 0 Å². The molecule has 2 rings (SSSR count). The number of nitriles is 1. The average molecular weight is 244 g/mol. The smallest absolute Gasteiger partial charge is 0.231 e. The highest BCUT2D eigenvalue weighted by molar-refractivity contribution is 5.43. The number of nitrogens with zero attached hydrogens (tertiary/aromatic N) is 2. The van der Waals surface area contributed by atoms with Crippen molar-refractivity contribution in [2.24, 2.45) is 11.8 Å². The van der Waals surface area contributed by atoms with Crippen LogP contribution in [0.2, 0.25) is 0 Å². The number of aromatic nitrogens is 1. The molecule has 0 saturated heterocycles. The van der Waals surface area contributed by atoms with Gasteiger partial charge in [0, 0.05) is 6.20 Å². The quantitative estimate of drug-likeness (QED) is 0.818. The Kier molecular flexibility index (Phi) is 4.19. The Morgan fingerprint density at radius 1 is 1.50 bits per heavy atom. The molecule has 1 aromatic heterocycles. The van der Waals surface area contributed by atoms with E-state index in [1.165, 1.54) is 25.7 Å². The molecule has 2 atom stereocenters. The second-order valence-corrected chi connectivity index (χ2v) is 5.37. The highest BCUT2D eigenvalue weighted by Crippen LogP contribution is 2.29. The molecule has 1 aliphatic carbocycles. The lowest BCUT2D eigenvalue weighted by molar-refractivity contribution is 0.177. The maximum absolute atomic E-state index is 9.11. The Hall–Kier alpha value is -1.56. The van der Waals surface area contributed by atoms with E-state index in [0.717, 1.165) is 11.5 Å². The first-order valence-corrected chi connectivity index (χ1v) is 6.69. The minimum Gasteiger partial charge on any atom is -0.476 e. The average Bonchev–Trinajstić information content (AvgIpc) is 2.36. The lowest BCUT2D eigenvalue weighted by Crippen LogP contribution is -2.20. The van der Waals surface area contributed by atoms with Gasteiger partial charge in [0.25, 0.3) is 0 Å². The van der Waals surface area contributed by atoms with E-state index in [1.54, 1.807) is 6.20 Å². The van der Waals surface area contributed by atoms with Gasteiger partial charge in [0.05, 0.1) is 6.61 Å². The first-order chi connectivity index (χ1) is 8.70. The highest BCUT2D eigenvalue weighted by Gasteiger charge is 2.20. The largest absolute Gasteiger partial charge is 0.476 e. The van der Waals surface area contributed by atoms with E-state index in [4.69, 9.17) is 10.00 Å². The van der Waals surface area contributed by atoms with Crippen LogP contribution in [0.5, 0.6) is 5.88 Å². The summed E-state index contributed by atoms with van der Waals surface area (Å²) in [6.07, 6.45) is 6.80. The van der Waals surface area contributed by atoms with Crippen molar-refractivity contribution in [2.45, 2.75) is 39.5 Å². The molecule has 2 unspecified atom stereocenters. The Morgan fingerprint density at radius 2 is 2.33 bits per heavy atom. The molecular weight excluding hydrogens is 224 g/mol. The van der Waals surface area contributed by atoms with Crippen LogP contribution < -0.4 is 4.74 Å².